The average molecular weight is 263 g/mol. The molecule has 104 valence electrons. The van der Waals surface area contributed by atoms with Gasteiger partial charge >= 0.3 is 0 Å². The van der Waals surface area contributed by atoms with Crippen molar-refractivity contribution in [2.75, 3.05) is 37.4 Å². The number of primary amides is 1. The van der Waals surface area contributed by atoms with Crippen LogP contribution in [0, 0.1) is 5.92 Å². The first kappa shape index (κ1) is 13.7. The Labute approximate surface area is 113 Å². The molecule has 1 aromatic carbocycles. The van der Waals surface area contributed by atoms with Crippen molar-refractivity contribution in [3.05, 3.63) is 23.8 Å². The SMILES string of the molecule is COCC1CCCN(c2ccc(C(N)=O)cc2N)C1. The molecule has 1 atom stereocenters. The Hall–Kier alpha value is -1.75. The van der Waals surface area contributed by atoms with Gasteiger partial charge in [-0.2, -0.15) is 0 Å². The Morgan fingerprint density at radius 2 is 2.32 bits per heavy atom. The van der Waals surface area contributed by atoms with Crippen LogP contribution in [-0.2, 0) is 4.74 Å². The van der Waals surface area contributed by atoms with Gasteiger partial charge in [-0.05, 0) is 37.0 Å². The van der Waals surface area contributed by atoms with Crippen LogP contribution in [-0.4, -0.2) is 32.7 Å². The Bertz CT molecular complexity index is 460. The third-order valence-corrected chi connectivity index (χ3v) is 3.57. The van der Waals surface area contributed by atoms with E-state index in [2.05, 4.69) is 4.90 Å². The predicted molar refractivity (Wildman–Crippen MR) is 76.2 cm³/mol. The van der Waals surface area contributed by atoms with Crippen LogP contribution in [0.3, 0.4) is 0 Å². The molecule has 0 radical (unpaired) electrons. The highest BCUT2D eigenvalue weighted by atomic mass is 16.5. The number of hydrogen-bond donors (Lipinski definition) is 2. The number of benzene rings is 1. The molecule has 1 fully saturated rings. The van der Waals surface area contributed by atoms with Crippen molar-refractivity contribution in [1.29, 1.82) is 0 Å². The maximum absolute atomic E-state index is 11.1. The van der Waals surface area contributed by atoms with Crippen LogP contribution in [0.25, 0.3) is 0 Å². The van der Waals surface area contributed by atoms with Crippen molar-refractivity contribution in [2.24, 2.45) is 11.7 Å². The normalized spacial score (nSPS) is 19.4. The van der Waals surface area contributed by atoms with Crippen LogP contribution >= 0.6 is 0 Å². The summed E-state index contributed by atoms with van der Waals surface area (Å²) in [5.41, 5.74) is 13.3. The molecule has 1 heterocycles. The van der Waals surface area contributed by atoms with Gasteiger partial charge in [0.1, 0.15) is 0 Å². The third-order valence-electron chi connectivity index (χ3n) is 3.57. The second-order valence-corrected chi connectivity index (χ2v) is 5.05. The van der Waals surface area contributed by atoms with Crippen LogP contribution < -0.4 is 16.4 Å². The first-order chi connectivity index (χ1) is 9.11. The molecule has 2 rings (SSSR count). The van der Waals surface area contributed by atoms with Crippen LogP contribution in [0.15, 0.2) is 18.2 Å². The zero-order valence-corrected chi connectivity index (χ0v) is 11.3. The molecular formula is C14H21N3O2. The smallest absolute Gasteiger partial charge is 0.248 e. The topological polar surface area (TPSA) is 81.6 Å². The highest BCUT2D eigenvalue weighted by Gasteiger charge is 2.21. The fourth-order valence-electron chi connectivity index (χ4n) is 2.65. The molecule has 1 amide bonds. The van der Waals surface area contributed by atoms with Crippen LogP contribution in [0.4, 0.5) is 11.4 Å². The van der Waals surface area contributed by atoms with Crippen LogP contribution in [0.5, 0.6) is 0 Å². The van der Waals surface area contributed by atoms with E-state index in [0.717, 1.165) is 31.8 Å². The molecule has 0 aromatic heterocycles. The van der Waals surface area contributed by atoms with Gasteiger partial charge in [0, 0.05) is 25.8 Å². The van der Waals surface area contributed by atoms with Crippen molar-refractivity contribution in [1.82, 2.24) is 0 Å². The molecule has 1 saturated heterocycles. The first-order valence-electron chi connectivity index (χ1n) is 6.55. The summed E-state index contributed by atoms with van der Waals surface area (Å²) in [5, 5.41) is 0. The van der Waals surface area contributed by atoms with Crippen LogP contribution in [0.2, 0.25) is 0 Å². The number of methoxy groups -OCH3 is 1. The fourth-order valence-corrected chi connectivity index (χ4v) is 2.65. The molecule has 1 aliphatic heterocycles. The number of anilines is 2. The van der Waals surface area contributed by atoms with Gasteiger partial charge < -0.3 is 21.1 Å². The van der Waals surface area contributed by atoms with Gasteiger partial charge in [0.05, 0.1) is 18.0 Å². The fraction of sp³-hybridized carbons (Fsp3) is 0.500. The molecule has 1 aliphatic rings. The van der Waals surface area contributed by atoms with Crippen molar-refractivity contribution < 1.29 is 9.53 Å². The van der Waals surface area contributed by atoms with E-state index in [0.29, 0.717) is 17.2 Å². The minimum atomic E-state index is -0.450. The monoisotopic (exact) mass is 263 g/mol. The summed E-state index contributed by atoms with van der Waals surface area (Å²) in [6, 6.07) is 5.26. The molecule has 5 heteroatoms. The molecule has 5 nitrogen and oxygen atoms in total. The number of rotatable bonds is 4. The molecule has 0 spiro atoms. The van der Waals surface area contributed by atoms with E-state index in [-0.39, 0.29) is 0 Å². The minimum Gasteiger partial charge on any atom is -0.397 e. The second-order valence-electron chi connectivity index (χ2n) is 5.05. The number of ether oxygens (including phenoxy) is 1. The molecule has 0 bridgehead atoms. The zero-order valence-electron chi connectivity index (χ0n) is 11.3. The summed E-state index contributed by atoms with van der Waals surface area (Å²) in [6.45, 7) is 2.70. The number of piperidine rings is 1. The molecule has 19 heavy (non-hydrogen) atoms. The molecule has 0 saturated carbocycles. The number of carbonyl (C=O) groups is 1. The summed E-state index contributed by atoms with van der Waals surface area (Å²) in [7, 11) is 1.73. The quantitative estimate of drug-likeness (QED) is 0.801. The van der Waals surface area contributed by atoms with Crippen LogP contribution in [0.1, 0.15) is 23.2 Å². The second kappa shape index (κ2) is 5.93. The molecule has 1 aromatic rings. The minimum absolute atomic E-state index is 0.450. The van der Waals surface area contributed by atoms with E-state index in [1.54, 1.807) is 19.2 Å². The Morgan fingerprint density at radius 3 is 2.95 bits per heavy atom. The van der Waals surface area contributed by atoms with E-state index in [4.69, 9.17) is 16.2 Å². The highest BCUT2D eigenvalue weighted by molar-refractivity contribution is 5.94. The van der Waals surface area contributed by atoms with E-state index < -0.39 is 5.91 Å². The van der Waals surface area contributed by atoms with E-state index in [9.17, 15) is 4.79 Å². The molecule has 1 unspecified atom stereocenters. The average Bonchev–Trinajstić information content (AvgIpc) is 2.39. The predicted octanol–water partition coefficient (Wildman–Crippen LogP) is 1.23. The molecule has 4 N–H and O–H groups in total. The van der Waals surface area contributed by atoms with Gasteiger partial charge in [-0.25, -0.2) is 0 Å². The van der Waals surface area contributed by atoms with Gasteiger partial charge in [-0.1, -0.05) is 0 Å². The Morgan fingerprint density at radius 1 is 1.53 bits per heavy atom. The van der Waals surface area contributed by atoms with Crippen molar-refractivity contribution in [2.45, 2.75) is 12.8 Å². The summed E-state index contributed by atoms with van der Waals surface area (Å²) in [6.07, 6.45) is 2.31. The number of nitrogens with zero attached hydrogens (tertiary/aromatic N) is 1. The van der Waals surface area contributed by atoms with Gasteiger partial charge in [0.2, 0.25) is 5.91 Å². The Kier molecular flexibility index (Phi) is 4.27. The van der Waals surface area contributed by atoms with Gasteiger partial charge in [0.25, 0.3) is 0 Å². The van der Waals surface area contributed by atoms with E-state index >= 15 is 0 Å². The maximum atomic E-state index is 11.1. The standard InChI is InChI=1S/C14H21N3O2/c1-19-9-10-3-2-6-17(8-10)13-5-4-11(14(16)18)7-12(13)15/h4-5,7,10H,2-3,6,8-9,15H2,1H3,(H2,16,18). The largest absolute Gasteiger partial charge is 0.397 e. The lowest BCUT2D eigenvalue weighted by atomic mass is 9.98. The third kappa shape index (κ3) is 3.17. The first-order valence-corrected chi connectivity index (χ1v) is 6.55. The lowest BCUT2D eigenvalue weighted by Crippen LogP contribution is -2.37. The lowest BCUT2D eigenvalue weighted by Gasteiger charge is -2.34. The maximum Gasteiger partial charge on any atom is 0.248 e. The summed E-state index contributed by atoms with van der Waals surface area (Å²) in [4.78, 5) is 13.4. The van der Waals surface area contributed by atoms with E-state index in [1.807, 2.05) is 6.07 Å². The van der Waals surface area contributed by atoms with Crippen molar-refractivity contribution in [3.63, 3.8) is 0 Å². The van der Waals surface area contributed by atoms with Gasteiger partial charge in [0.15, 0.2) is 0 Å². The van der Waals surface area contributed by atoms with E-state index in [1.165, 1.54) is 6.42 Å². The number of amides is 1. The number of nitrogens with two attached hydrogens (primary N) is 2. The number of carbonyl (C=O) groups excluding carboxylic acids is 1. The Balaban J connectivity index is 2.15. The van der Waals surface area contributed by atoms with Crippen molar-refractivity contribution >= 4 is 17.3 Å². The molecule has 0 aliphatic carbocycles. The lowest BCUT2D eigenvalue weighted by molar-refractivity contribution is 0.100. The van der Waals surface area contributed by atoms with Crippen molar-refractivity contribution in [3.8, 4) is 0 Å². The summed E-state index contributed by atoms with van der Waals surface area (Å²) in [5.74, 6) is 0.0862. The zero-order chi connectivity index (χ0) is 13.8. The number of hydrogen-bond acceptors (Lipinski definition) is 4. The summed E-state index contributed by atoms with van der Waals surface area (Å²) < 4.78 is 5.23. The summed E-state index contributed by atoms with van der Waals surface area (Å²) >= 11 is 0. The van der Waals surface area contributed by atoms with Gasteiger partial charge in [-0.15, -0.1) is 0 Å². The molecular weight excluding hydrogens is 242 g/mol. The van der Waals surface area contributed by atoms with Gasteiger partial charge in [-0.3, -0.25) is 4.79 Å². The number of nitrogen functional groups attached to an aromatic ring is 1. The highest BCUT2D eigenvalue weighted by Crippen LogP contribution is 2.29.